The lowest BCUT2D eigenvalue weighted by molar-refractivity contribution is 0.317. The van der Waals surface area contributed by atoms with E-state index in [1.165, 1.54) is 33.8 Å². The molecule has 1 fully saturated rings. The first-order chi connectivity index (χ1) is 13.9. The Morgan fingerprint density at radius 1 is 1.21 bits per heavy atom. The Balaban J connectivity index is 1.44. The largest absolute Gasteiger partial charge is 0.316 e. The zero-order chi connectivity index (χ0) is 20.4. The molecule has 6 nitrogen and oxygen atoms in total. The number of aryl methyl sites for hydroxylation is 1. The number of halogens is 1. The molecular formula is C20H21FN4O2S2. The molecule has 1 aliphatic heterocycles. The maximum absolute atomic E-state index is 13.5. The Hall–Kier alpha value is -2.36. The van der Waals surface area contributed by atoms with Crippen LogP contribution < -0.4 is 5.32 Å². The lowest BCUT2D eigenvalue weighted by Gasteiger charge is -2.31. The van der Waals surface area contributed by atoms with Gasteiger partial charge in [-0.25, -0.2) is 22.8 Å². The number of anilines is 2. The zero-order valence-electron chi connectivity index (χ0n) is 15.9. The third kappa shape index (κ3) is 4.31. The number of nitrogens with one attached hydrogen (secondary N) is 1. The van der Waals surface area contributed by atoms with Crippen molar-refractivity contribution in [1.29, 1.82) is 0 Å². The molecular weight excluding hydrogens is 411 g/mol. The third-order valence-electron chi connectivity index (χ3n) is 5.08. The summed E-state index contributed by atoms with van der Waals surface area (Å²) in [6.07, 6.45) is 3.11. The second-order valence-corrected chi connectivity index (χ2v) is 9.83. The molecule has 1 saturated heterocycles. The molecule has 1 aromatic carbocycles. The molecule has 2 aromatic heterocycles. The lowest BCUT2D eigenvalue weighted by atomic mass is 9.94. The van der Waals surface area contributed by atoms with Gasteiger partial charge >= 0.3 is 0 Å². The summed E-state index contributed by atoms with van der Waals surface area (Å²) in [6, 6.07) is 9.75. The van der Waals surface area contributed by atoms with Crippen LogP contribution in [-0.2, 0) is 10.0 Å². The van der Waals surface area contributed by atoms with Crippen LogP contribution in [0.5, 0.6) is 0 Å². The van der Waals surface area contributed by atoms with Crippen LogP contribution in [0.15, 0.2) is 52.9 Å². The van der Waals surface area contributed by atoms with Gasteiger partial charge in [0.05, 0.1) is 4.90 Å². The summed E-state index contributed by atoms with van der Waals surface area (Å²) in [6.45, 7) is 2.39. The van der Waals surface area contributed by atoms with E-state index in [2.05, 4.69) is 15.3 Å². The molecule has 0 radical (unpaired) electrons. The van der Waals surface area contributed by atoms with E-state index in [-0.39, 0.29) is 10.8 Å². The van der Waals surface area contributed by atoms with Gasteiger partial charge in [-0.3, -0.25) is 0 Å². The molecule has 0 bridgehead atoms. The first-order valence-corrected chi connectivity index (χ1v) is 11.7. The van der Waals surface area contributed by atoms with Crippen LogP contribution in [0.3, 0.4) is 0 Å². The van der Waals surface area contributed by atoms with Crippen LogP contribution >= 0.6 is 11.3 Å². The number of piperidine rings is 1. The number of hydrogen-bond acceptors (Lipinski definition) is 6. The van der Waals surface area contributed by atoms with Crippen molar-refractivity contribution in [2.45, 2.75) is 30.6 Å². The first-order valence-electron chi connectivity index (χ1n) is 9.33. The Labute approximate surface area is 173 Å². The number of thiazole rings is 1. The Morgan fingerprint density at radius 2 is 2.00 bits per heavy atom. The highest BCUT2D eigenvalue weighted by molar-refractivity contribution is 7.89. The SMILES string of the molecule is Cc1cc(S(=O)(=O)N2CCC(c3cccc(Nc4nccs4)n3)CC2)ccc1F. The van der Waals surface area contributed by atoms with Crippen molar-refractivity contribution in [1.82, 2.24) is 14.3 Å². The molecule has 152 valence electrons. The molecule has 0 aliphatic carbocycles. The van der Waals surface area contributed by atoms with Gasteiger partial charge in [0.25, 0.3) is 0 Å². The van der Waals surface area contributed by atoms with Gasteiger partial charge in [-0.1, -0.05) is 6.07 Å². The quantitative estimate of drug-likeness (QED) is 0.651. The summed E-state index contributed by atoms with van der Waals surface area (Å²) in [5, 5.41) is 5.86. The van der Waals surface area contributed by atoms with E-state index < -0.39 is 15.8 Å². The second kappa shape index (κ2) is 8.17. The normalized spacial score (nSPS) is 16.1. The number of nitrogens with zero attached hydrogens (tertiary/aromatic N) is 3. The maximum atomic E-state index is 13.5. The smallest absolute Gasteiger partial charge is 0.243 e. The van der Waals surface area contributed by atoms with Crippen LogP contribution in [0, 0.1) is 12.7 Å². The summed E-state index contributed by atoms with van der Waals surface area (Å²) in [5.74, 6) is 0.517. The minimum absolute atomic E-state index is 0.141. The third-order valence-corrected chi connectivity index (χ3v) is 7.66. The minimum Gasteiger partial charge on any atom is -0.316 e. The topological polar surface area (TPSA) is 75.2 Å². The van der Waals surface area contributed by atoms with E-state index in [0.717, 1.165) is 16.6 Å². The van der Waals surface area contributed by atoms with Crippen molar-refractivity contribution >= 4 is 32.3 Å². The second-order valence-electron chi connectivity index (χ2n) is 7.00. The number of rotatable bonds is 5. The molecule has 0 atom stereocenters. The number of benzene rings is 1. The van der Waals surface area contributed by atoms with Crippen LogP contribution in [0.2, 0.25) is 0 Å². The van der Waals surface area contributed by atoms with Crippen LogP contribution in [0.1, 0.15) is 30.0 Å². The fourth-order valence-electron chi connectivity index (χ4n) is 3.46. The molecule has 0 spiro atoms. The highest BCUT2D eigenvalue weighted by Gasteiger charge is 2.30. The summed E-state index contributed by atoms with van der Waals surface area (Å²) in [4.78, 5) is 9.03. The molecule has 3 aromatic rings. The molecule has 0 unspecified atom stereocenters. The van der Waals surface area contributed by atoms with E-state index >= 15 is 0 Å². The Kier molecular flexibility index (Phi) is 5.62. The van der Waals surface area contributed by atoms with Gasteiger partial charge in [0.1, 0.15) is 11.6 Å². The maximum Gasteiger partial charge on any atom is 0.243 e. The van der Waals surface area contributed by atoms with E-state index in [0.29, 0.717) is 31.5 Å². The minimum atomic E-state index is -3.62. The predicted molar refractivity (Wildman–Crippen MR) is 112 cm³/mol. The summed E-state index contributed by atoms with van der Waals surface area (Å²) in [5.41, 5.74) is 1.27. The Morgan fingerprint density at radius 3 is 2.69 bits per heavy atom. The number of hydrogen-bond donors (Lipinski definition) is 1. The van der Waals surface area contributed by atoms with Gasteiger partial charge in [0.15, 0.2) is 5.13 Å². The summed E-state index contributed by atoms with van der Waals surface area (Å²) < 4.78 is 40.8. The van der Waals surface area contributed by atoms with E-state index in [1.54, 1.807) is 13.1 Å². The molecule has 0 saturated carbocycles. The van der Waals surface area contributed by atoms with Gasteiger partial charge in [-0.15, -0.1) is 11.3 Å². The fraction of sp³-hybridized carbons (Fsp3) is 0.300. The Bertz CT molecular complexity index is 1100. The summed E-state index contributed by atoms with van der Waals surface area (Å²) >= 11 is 1.50. The molecule has 0 amide bonds. The van der Waals surface area contributed by atoms with Crippen molar-refractivity contribution in [3.63, 3.8) is 0 Å². The highest BCUT2D eigenvalue weighted by Crippen LogP contribution is 2.31. The average molecular weight is 433 g/mol. The molecule has 9 heteroatoms. The molecule has 1 aliphatic rings. The fourth-order valence-corrected chi connectivity index (χ4v) is 5.55. The monoisotopic (exact) mass is 432 g/mol. The molecule has 1 N–H and O–H groups in total. The van der Waals surface area contributed by atoms with Gasteiger partial charge in [-0.2, -0.15) is 4.31 Å². The molecule has 4 rings (SSSR count). The van der Waals surface area contributed by atoms with Crippen molar-refractivity contribution < 1.29 is 12.8 Å². The van der Waals surface area contributed by atoms with E-state index in [4.69, 9.17) is 0 Å². The van der Waals surface area contributed by atoms with Gasteiger partial charge in [0, 0.05) is 36.3 Å². The van der Waals surface area contributed by atoms with E-state index in [1.807, 2.05) is 23.6 Å². The van der Waals surface area contributed by atoms with Crippen molar-refractivity contribution in [3.8, 4) is 0 Å². The molecule has 3 heterocycles. The number of sulfonamides is 1. The van der Waals surface area contributed by atoms with E-state index in [9.17, 15) is 12.8 Å². The van der Waals surface area contributed by atoms with Crippen molar-refractivity contribution in [3.05, 3.63) is 65.0 Å². The average Bonchev–Trinajstić information content (AvgIpc) is 3.23. The standard InChI is InChI=1S/C20H21FN4O2S2/c1-14-13-16(5-6-17(14)21)29(26,27)25-10-7-15(8-11-25)18-3-2-4-19(23-18)24-20-22-9-12-28-20/h2-6,9,12-13,15H,7-8,10-11H2,1H3,(H,22,23,24). The van der Waals surface area contributed by atoms with Crippen LogP contribution in [0.4, 0.5) is 15.3 Å². The first kappa shape index (κ1) is 19.9. The van der Waals surface area contributed by atoms with Gasteiger partial charge < -0.3 is 5.32 Å². The highest BCUT2D eigenvalue weighted by atomic mass is 32.2. The van der Waals surface area contributed by atoms with Gasteiger partial charge in [-0.05, 0) is 55.7 Å². The van der Waals surface area contributed by atoms with Crippen molar-refractivity contribution in [2.24, 2.45) is 0 Å². The van der Waals surface area contributed by atoms with Crippen LogP contribution in [-0.4, -0.2) is 35.8 Å². The number of aromatic nitrogens is 2. The number of pyridine rings is 1. The predicted octanol–water partition coefficient (Wildman–Crippen LogP) is 4.30. The van der Waals surface area contributed by atoms with Crippen LogP contribution in [0.25, 0.3) is 0 Å². The lowest BCUT2D eigenvalue weighted by Crippen LogP contribution is -2.38. The summed E-state index contributed by atoms with van der Waals surface area (Å²) in [7, 11) is -3.62. The van der Waals surface area contributed by atoms with Crippen molar-refractivity contribution in [2.75, 3.05) is 18.4 Å². The molecule has 29 heavy (non-hydrogen) atoms. The van der Waals surface area contributed by atoms with Gasteiger partial charge in [0.2, 0.25) is 10.0 Å². The zero-order valence-corrected chi connectivity index (χ0v) is 17.5.